The van der Waals surface area contributed by atoms with E-state index in [1.165, 1.54) is 35.2 Å². The molecule has 2 N–H and O–H groups in total. The number of aliphatic carboxylic acids is 1. The molecule has 1 unspecified atom stereocenters. The van der Waals surface area contributed by atoms with E-state index in [0.29, 0.717) is 62.0 Å². The molecule has 10 heteroatoms. The van der Waals surface area contributed by atoms with Crippen LogP contribution in [0.3, 0.4) is 0 Å². The summed E-state index contributed by atoms with van der Waals surface area (Å²) in [5.74, 6) is 2.09. The lowest BCUT2D eigenvalue weighted by molar-refractivity contribution is -0.144. The monoisotopic (exact) mass is 726 g/mol. The number of anilines is 1. The number of pyridine rings is 1. The van der Waals surface area contributed by atoms with E-state index in [1.54, 1.807) is 18.3 Å². The normalized spacial score (nSPS) is 24.2. The van der Waals surface area contributed by atoms with Crippen LogP contribution in [0, 0.1) is 11.8 Å². The summed E-state index contributed by atoms with van der Waals surface area (Å²) < 4.78 is 20.5. The van der Waals surface area contributed by atoms with Crippen molar-refractivity contribution in [1.29, 1.82) is 0 Å². The highest BCUT2D eigenvalue weighted by Gasteiger charge is 2.54. The lowest BCUT2D eigenvalue weighted by atomic mass is 9.59. The SMILES string of the molecule is C[C@@H](COc1ccnc2c1[C@H](C)CCC2)CC1Cc2ccc(OCCOCc3ccnn3C)cc2C12CCC(Nc1cccc(Cl)c1)(C(=O)O)CC2. The first-order chi connectivity index (χ1) is 25.2. The maximum atomic E-state index is 13.0. The number of carboxylic acids is 1. The number of fused-ring (bicyclic) bond motifs is 3. The second-order valence-electron chi connectivity index (χ2n) is 15.4. The van der Waals surface area contributed by atoms with Crippen LogP contribution in [0.1, 0.15) is 92.8 Å². The van der Waals surface area contributed by atoms with Gasteiger partial charge in [0.05, 0.1) is 25.5 Å². The van der Waals surface area contributed by atoms with Gasteiger partial charge in [-0.1, -0.05) is 37.6 Å². The molecule has 0 amide bonds. The van der Waals surface area contributed by atoms with E-state index in [2.05, 4.69) is 47.4 Å². The van der Waals surface area contributed by atoms with Gasteiger partial charge in [-0.25, -0.2) is 4.79 Å². The predicted octanol–water partition coefficient (Wildman–Crippen LogP) is 8.53. The van der Waals surface area contributed by atoms with Gasteiger partial charge in [-0.15, -0.1) is 0 Å². The van der Waals surface area contributed by atoms with Crippen molar-refractivity contribution < 1.29 is 24.1 Å². The molecule has 276 valence electrons. The fraction of sp³-hybridized carbons (Fsp3) is 0.500. The minimum Gasteiger partial charge on any atom is -0.493 e. The number of aromatic nitrogens is 3. The van der Waals surface area contributed by atoms with Crippen molar-refractivity contribution in [2.24, 2.45) is 18.9 Å². The minimum atomic E-state index is -1.07. The maximum Gasteiger partial charge on any atom is 0.329 e. The molecule has 2 aromatic heterocycles. The van der Waals surface area contributed by atoms with E-state index in [9.17, 15) is 9.90 Å². The van der Waals surface area contributed by atoms with Crippen LogP contribution in [0.25, 0.3) is 0 Å². The predicted molar refractivity (Wildman–Crippen MR) is 202 cm³/mol. The molecule has 2 heterocycles. The van der Waals surface area contributed by atoms with Crippen molar-refractivity contribution in [3.8, 4) is 11.5 Å². The van der Waals surface area contributed by atoms with Crippen molar-refractivity contribution in [2.75, 3.05) is 25.1 Å². The van der Waals surface area contributed by atoms with Gasteiger partial charge in [0.25, 0.3) is 0 Å². The summed E-state index contributed by atoms with van der Waals surface area (Å²) in [6.45, 7) is 6.58. The Bertz CT molecular complexity index is 1870. The highest BCUT2D eigenvalue weighted by Crippen LogP contribution is 2.56. The third-order valence-electron chi connectivity index (χ3n) is 11.9. The topological polar surface area (TPSA) is 108 Å². The molecule has 0 bridgehead atoms. The number of hydrogen-bond acceptors (Lipinski definition) is 7. The Balaban J connectivity index is 1.08. The molecule has 0 aliphatic heterocycles. The van der Waals surface area contributed by atoms with Crippen LogP contribution in [-0.4, -0.2) is 51.2 Å². The van der Waals surface area contributed by atoms with Crippen molar-refractivity contribution in [2.45, 2.75) is 95.1 Å². The molecule has 1 spiro atoms. The number of carboxylic acid groups (broad SMARTS) is 1. The average Bonchev–Trinajstić information content (AvgIpc) is 3.67. The Labute approximate surface area is 312 Å². The Hall–Kier alpha value is -4.08. The summed E-state index contributed by atoms with van der Waals surface area (Å²) in [6.07, 6.45) is 11.5. The zero-order valence-electron chi connectivity index (χ0n) is 30.6. The van der Waals surface area contributed by atoms with Crippen molar-refractivity contribution in [3.63, 3.8) is 0 Å². The van der Waals surface area contributed by atoms with Gasteiger partial charge in [0.1, 0.15) is 23.6 Å². The van der Waals surface area contributed by atoms with Crippen LogP contribution in [-0.2, 0) is 41.4 Å². The summed E-state index contributed by atoms with van der Waals surface area (Å²) in [7, 11) is 1.91. The van der Waals surface area contributed by atoms with Crippen LogP contribution in [0.2, 0.25) is 5.02 Å². The van der Waals surface area contributed by atoms with Crippen molar-refractivity contribution in [3.05, 3.63) is 100 Å². The van der Waals surface area contributed by atoms with Gasteiger partial charge < -0.3 is 24.6 Å². The Morgan fingerprint density at radius 2 is 1.92 bits per heavy atom. The van der Waals surface area contributed by atoms with Gasteiger partial charge in [-0.2, -0.15) is 5.10 Å². The standard InChI is InChI=1S/C42H51ClN4O5/c1-28(26-52-38-13-18-44-37-9-4-6-29(2)39(37)38)22-31-23-30-10-11-35(51-21-20-50-27-34-12-19-45-47(34)3)25-36(30)41(31)14-16-42(17-15-41,40(48)49)46-33-8-5-7-32(43)24-33/h5,7-8,10-13,18-19,24-25,28-29,31,46H,4,6,9,14-17,20-23,26-27H2,1-3H3,(H,48,49)/t28-,29-,31?,41?,42?/m1/s1. The van der Waals surface area contributed by atoms with E-state index in [1.807, 2.05) is 42.2 Å². The van der Waals surface area contributed by atoms with Crippen LogP contribution in [0.5, 0.6) is 11.5 Å². The Morgan fingerprint density at radius 3 is 2.69 bits per heavy atom. The Morgan fingerprint density at radius 1 is 1.08 bits per heavy atom. The average molecular weight is 727 g/mol. The van der Waals surface area contributed by atoms with Crippen molar-refractivity contribution in [1.82, 2.24) is 14.8 Å². The van der Waals surface area contributed by atoms with E-state index in [-0.39, 0.29) is 5.41 Å². The van der Waals surface area contributed by atoms with Gasteiger partial charge in [0.2, 0.25) is 0 Å². The van der Waals surface area contributed by atoms with Gasteiger partial charge in [0, 0.05) is 41.4 Å². The number of nitrogens with zero attached hydrogens (tertiary/aromatic N) is 3. The molecule has 4 aromatic rings. The number of rotatable bonds is 14. The molecule has 3 aliphatic carbocycles. The number of benzene rings is 2. The molecule has 3 aliphatic rings. The molecule has 2 aromatic carbocycles. The third-order valence-corrected chi connectivity index (χ3v) is 12.2. The summed E-state index contributed by atoms with van der Waals surface area (Å²) >= 11 is 6.29. The largest absolute Gasteiger partial charge is 0.493 e. The molecule has 52 heavy (non-hydrogen) atoms. The quantitative estimate of drug-likeness (QED) is 0.125. The molecule has 3 atom stereocenters. The smallest absolute Gasteiger partial charge is 0.329 e. The van der Waals surface area contributed by atoms with Crippen LogP contribution in [0.15, 0.2) is 67.0 Å². The summed E-state index contributed by atoms with van der Waals surface area (Å²) in [6, 6.07) is 17.8. The number of hydrogen-bond donors (Lipinski definition) is 2. The number of halogens is 1. The van der Waals surface area contributed by atoms with E-state index >= 15 is 0 Å². The second-order valence-corrected chi connectivity index (χ2v) is 15.8. The molecule has 9 nitrogen and oxygen atoms in total. The maximum absolute atomic E-state index is 13.0. The molecule has 7 rings (SSSR count). The molecule has 0 saturated heterocycles. The lowest BCUT2D eigenvalue weighted by Crippen LogP contribution is -2.53. The molecule has 1 saturated carbocycles. The first-order valence-electron chi connectivity index (χ1n) is 18.8. The lowest BCUT2D eigenvalue weighted by Gasteiger charge is -2.47. The number of aryl methyl sites for hydroxylation is 2. The highest BCUT2D eigenvalue weighted by atomic mass is 35.5. The zero-order valence-corrected chi connectivity index (χ0v) is 31.3. The number of carbonyl (C=O) groups is 1. The van der Waals surface area contributed by atoms with E-state index < -0.39 is 11.5 Å². The molecule has 0 radical (unpaired) electrons. The van der Waals surface area contributed by atoms with Crippen LogP contribution < -0.4 is 14.8 Å². The zero-order chi connectivity index (χ0) is 36.3. The van der Waals surface area contributed by atoms with Gasteiger partial charge >= 0.3 is 5.97 Å². The second kappa shape index (κ2) is 15.5. The number of nitrogens with one attached hydrogen (secondary N) is 1. The van der Waals surface area contributed by atoms with E-state index in [4.69, 9.17) is 25.8 Å². The van der Waals surface area contributed by atoms with Gasteiger partial charge in [-0.3, -0.25) is 9.67 Å². The molecular formula is C42H51ClN4O5. The van der Waals surface area contributed by atoms with Gasteiger partial charge in [0.15, 0.2) is 0 Å². The summed E-state index contributed by atoms with van der Waals surface area (Å²) in [4.78, 5) is 17.7. The fourth-order valence-corrected chi connectivity index (χ4v) is 9.29. The van der Waals surface area contributed by atoms with Crippen molar-refractivity contribution >= 4 is 23.3 Å². The first-order valence-corrected chi connectivity index (χ1v) is 19.2. The third kappa shape index (κ3) is 7.53. The molecule has 1 fully saturated rings. The van der Waals surface area contributed by atoms with Crippen LogP contribution in [0.4, 0.5) is 5.69 Å². The van der Waals surface area contributed by atoms with E-state index in [0.717, 1.165) is 55.0 Å². The summed E-state index contributed by atoms with van der Waals surface area (Å²) in [5, 5.41) is 18.8. The number of ether oxygens (including phenoxy) is 3. The van der Waals surface area contributed by atoms with Gasteiger partial charge in [-0.05, 0) is 135 Å². The molecular weight excluding hydrogens is 676 g/mol. The fourth-order valence-electron chi connectivity index (χ4n) is 9.10. The van der Waals surface area contributed by atoms with Crippen LogP contribution >= 0.6 is 11.6 Å². The first kappa shape index (κ1) is 36.3. The summed E-state index contributed by atoms with van der Waals surface area (Å²) in [5.41, 5.74) is 5.60. The Kier molecular flexibility index (Phi) is 10.8. The minimum absolute atomic E-state index is 0.168. The highest BCUT2D eigenvalue weighted by molar-refractivity contribution is 6.30.